The minimum atomic E-state index is 0.521. The summed E-state index contributed by atoms with van der Waals surface area (Å²) in [5, 5.41) is 2.81. The van der Waals surface area contributed by atoms with Gasteiger partial charge in [0.25, 0.3) is 6.01 Å². The van der Waals surface area contributed by atoms with Crippen molar-refractivity contribution < 1.29 is 4.42 Å². The maximum atomic E-state index is 5.25. The molecule has 0 saturated heterocycles. The lowest BCUT2D eigenvalue weighted by molar-refractivity contribution is 0.620. The summed E-state index contributed by atoms with van der Waals surface area (Å²) in [7, 11) is 1.76. The molecule has 0 saturated carbocycles. The van der Waals surface area contributed by atoms with Crippen molar-refractivity contribution >= 4 is 17.1 Å². The number of hydrogen-bond acceptors (Lipinski definition) is 4. The number of nitrogens with zero attached hydrogens (tertiary/aromatic N) is 2. The van der Waals surface area contributed by atoms with Gasteiger partial charge in [-0.05, 0) is 0 Å². The Morgan fingerprint density at radius 2 is 2.45 bits per heavy atom. The highest BCUT2D eigenvalue weighted by Gasteiger charge is 2.01. The lowest BCUT2D eigenvalue weighted by atomic mass is 10.4. The molecular weight excluding hydrogens is 142 g/mol. The quantitative estimate of drug-likeness (QED) is 0.663. The van der Waals surface area contributed by atoms with Crippen LogP contribution >= 0.6 is 0 Å². The van der Waals surface area contributed by atoms with Crippen molar-refractivity contribution in [2.24, 2.45) is 0 Å². The highest BCUT2D eigenvalue weighted by Crippen LogP contribution is 2.15. The third-order valence-electron chi connectivity index (χ3n) is 1.40. The molecule has 2 aromatic heterocycles. The Hall–Kier alpha value is -1.58. The van der Waals surface area contributed by atoms with Gasteiger partial charge in [0.05, 0.1) is 6.20 Å². The van der Waals surface area contributed by atoms with Gasteiger partial charge in [0, 0.05) is 19.3 Å². The van der Waals surface area contributed by atoms with E-state index >= 15 is 0 Å². The van der Waals surface area contributed by atoms with Crippen LogP contribution in [0.4, 0.5) is 6.01 Å². The second-order valence-corrected chi connectivity index (χ2v) is 2.11. The van der Waals surface area contributed by atoms with Gasteiger partial charge in [-0.1, -0.05) is 0 Å². The molecule has 0 bridgehead atoms. The molecule has 4 heteroatoms. The van der Waals surface area contributed by atoms with Gasteiger partial charge >= 0.3 is 0 Å². The zero-order valence-electron chi connectivity index (χ0n) is 6.03. The summed E-state index contributed by atoms with van der Waals surface area (Å²) in [6, 6.07) is 2.30. The molecule has 0 radical (unpaired) electrons. The van der Waals surface area contributed by atoms with E-state index in [1.54, 1.807) is 25.5 Å². The van der Waals surface area contributed by atoms with Crippen LogP contribution in [-0.4, -0.2) is 17.0 Å². The third-order valence-corrected chi connectivity index (χ3v) is 1.40. The first-order valence-corrected chi connectivity index (χ1v) is 3.28. The maximum Gasteiger partial charge on any atom is 0.295 e. The predicted molar refractivity (Wildman–Crippen MR) is 41.4 cm³/mol. The lowest BCUT2D eigenvalue weighted by Gasteiger charge is -1.84. The number of fused-ring (bicyclic) bond motifs is 1. The number of aromatic nitrogens is 2. The number of hydrogen-bond donors (Lipinski definition) is 1. The van der Waals surface area contributed by atoms with Gasteiger partial charge in [0.15, 0.2) is 5.58 Å². The number of anilines is 1. The SMILES string of the molecule is CNc1nc2cnccc2o1. The van der Waals surface area contributed by atoms with Crippen LogP contribution in [0.15, 0.2) is 22.9 Å². The van der Waals surface area contributed by atoms with Crippen molar-refractivity contribution in [2.45, 2.75) is 0 Å². The highest BCUT2D eigenvalue weighted by molar-refractivity contribution is 5.72. The van der Waals surface area contributed by atoms with Crippen molar-refractivity contribution in [3.8, 4) is 0 Å². The zero-order chi connectivity index (χ0) is 7.68. The van der Waals surface area contributed by atoms with E-state index in [2.05, 4.69) is 15.3 Å². The molecule has 0 amide bonds. The lowest BCUT2D eigenvalue weighted by Crippen LogP contribution is -1.85. The first kappa shape index (κ1) is 6.15. The van der Waals surface area contributed by atoms with Crippen molar-refractivity contribution in [1.29, 1.82) is 0 Å². The van der Waals surface area contributed by atoms with Crippen molar-refractivity contribution in [3.63, 3.8) is 0 Å². The van der Waals surface area contributed by atoms with Crippen LogP contribution in [0.1, 0.15) is 0 Å². The van der Waals surface area contributed by atoms with Crippen molar-refractivity contribution in [2.75, 3.05) is 12.4 Å². The highest BCUT2D eigenvalue weighted by atomic mass is 16.4. The van der Waals surface area contributed by atoms with Crippen LogP contribution in [0.3, 0.4) is 0 Å². The first-order valence-electron chi connectivity index (χ1n) is 3.28. The molecule has 2 aromatic rings. The summed E-state index contributed by atoms with van der Waals surface area (Å²) >= 11 is 0. The van der Waals surface area contributed by atoms with E-state index in [4.69, 9.17) is 4.42 Å². The van der Waals surface area contributed by atoms with Crippen LogP contribution in [0.25, 0.3) is 11.1 Å². The van der Waals surface area contributed by atoms with Crippen molar-refractivity contribution in [3.05, 3.63) is 18.5 Å². The van der Waals surface area contributed by atoms with Gasteiger partial charge < -0.3 is 9.73 Å². The monoisotopic (exact) mass is 149 g/mol. The molecule has 0 atom stereocenters. The summed E-state index contributed by atoms with van der Waals surface area (Å²) in [6.45, 7) is 0. The van der Waals surface area contributed by atoms with Gasteiger partial charge in [-0.3, -0.25) is 4.98 Å². The molecule has 0 aliphatic carbocycles. The molecule has 0 aliphatic heterocycles. The molecule has 11 heavy (non-hydrogen) atoms. The maximum absolute atomic E-state index is 5.25. The number of oxazole rings is 1. The third kappa shape index (κ3) is 0.920. The topological polar surface area (TPSA) is 51.0 Å². The van der Waals surface area contributed by atoms with E-state index in [1.807, 2.05) is 0 Å². The molecule has 0 spiro atoms. The van der Waals surface area contributed by atoms with E-state index in [0.29, 0.717) is 6.01 Å². The van der Waals surface area contributed by atoms with E-state index in [1.165, 1.54) is 0 Å². The molecule has 56 valence electrons. The fourth-order valence-corrected chi connectivity index (χ4v) is 0.887. The Morgan fingerprint density at radius 1 is 1.55 bits per heavy atom. The molecule has 4 nitrogen and oxygen atoms in total. The van der Waals surface area contributed by atoms with E-state index < -0.39 is 0 Å². The fraction of sp³-hybridized carbons (Fsp3) is 0.143. The molecule has 0 fully saturated rings. The largest absolute Gasteiger partial charge is 0.423 e. The van der Waals surface area contributed by atoms with Gasteiger partial charge in [0.1, 0.15) is 5.52 Å². The Balaban J connectivity index is 2.69. The molecule has 2 rings (SSSR count). The Kier molecular flexibility index (Phi) is 1.25. The second-order valence-electron chi connectivity index (χ2n) is 2.11. The zero-order valence-corrected chi connectivity index (χ0v) is 6.03. The summed E-state index contributed by atoms with van der Waals surface area (Å²) in [4.78, 5) is 8.00. The van der Waals surface area contributed by atoms with Crippen LogP contribution in [-0.2, 0) is 0 Å². The predicted octanol–water partition coefficient (Wildman–Crippen LogP) is 1.26. The summed E-state index contributed by atoms with van der Waals surface area (Å²) in [5.41, 5.74) is 1.53. The summed E-state index contributed by atoms with van der Waals surface area (Å²) in [6.07, 6.45) is 3.34. The van der Waals surface area contributed by atoms with Gasteiger partial charge in [-0.15, -0.1) is 0 Å². The van der Waals surface area contributed by atoms with E-state index in [-0.39, 0.29) is 0 Å². The van der Waals surface area contributed by atoms with Gasteiger partial charge in [-0.2, -0.15) is 4.98 Å². The molecule has 2 heterocycles. The van der Waals surface area contributed by atoms with Gasteiger partial charge in [-0.25, -0.2) is 0 Å². The molecule has 0 aromatic carbocycles. The van der Waals surface area contributed by atoms with Crippen LogP contribution in [0.2, 0.25) is 0 Å². The standard InChI is InChI=1S/C7H7N3O/c1-8-7-10-5-4-9-3-2-6(5)11-7/h2-4H,1H3,(H,8,10). The molecule has 0 unspecified atom stereocenters. The summed E-state index contributed by atoms with van der Waals surface area (Å²) < 4.78 is 5.25. The Morgan fingerprint density at radius 3 is 3.18 bits per heavy atom. The van der Waals surface area contributed by atoms with E-state index in [0.717, 1.165) is 11.1 Å². The number of pyridine rings is 1. The molecule has 0 aliphatic rings. The number of nitrogens with one attached hydrogen (secondary N) is 1. The summed E-state index contributed by atoms with van der Waals surface area (Å²) in [5.74, 6) is 0. The van der Waals surface area contributed by atoms with Gasteiger partial charge in [0.2, 0.25) is 0 Å². The fourth-order valence-electron chi connectivity index (χ4n) is 0.887. The van der Waals surface area contributed by atoms with Crippen LogP contribution < -0.4 is 5.32 Å². The molecular formula is C7H7N3O. The second kappa shape index (κ2) is 2.23. The van der Waals surface area contributed by atoms with Crippen molar-refractivity contribution in [1.82, 2.24) is 9.97 Å². The Bertz CT molecular complexity index is 335. The first-order chi connectivity index (χ1) is 5.40. The van der Waals surface area contributed by atoms with Crippen LogP contribution in [0, 0.1) is 0 Å². The van der Waals surface area contributed by atoms with Crippen LogP contribution in [0.5, 0.6) is 0 Å². The Labute approximate surface area is 63.3 Å². The molecule has 1 N–H and O–H groups in total. The van der Waals surface area contributed by atoms with E-state index in [9.17, 15) is 0 Å². The minimum absolute atomic E-state index is 0.521. The minimum Gasteiger partial charge on any atom is -0.423 e. The average molecular weight is 149 g/mol. The smallest absolute Gasteiger partial charge is 0.295 e. The number of rotatable bonds is 1. The average Bonchev–Trinajstić information content (AvgIpc) is 2.46. The normalized spacial score (nSPS) is 10.3.